The van der Waals surface area contributed by atoms with Gasteiger partial charge >= 0.3 is 5.97 Å². The lowest BCUT2D eigenvalue weighted by atomic mass is 9.88. The molecular weight excluding hydrogens is 294 g/mol. The number of rotatable bonds is 5. The van der Waals surface area contributed by atoms with Crippen LogP contribution in [-0.2, 0) is 14.3 Å². The number of nitrogens with one attached hydrogen (secondary N) is 2. The Bertz CT molecular complexity index is 556. The van der Waals surface area contributed by atoms with Gasteiger partial charge < -0.3 is 20.3 Å². The van der Waals surface area contributed by atoms with Gasteiger partial charge in [-0.1, -0.05) is 0 Å². The highest BCUT2D eigenvalue weighted by Crippen LogP contribution is 2.35. The molecule has 0 aromatic rings. The number of esters is 1. The number of aldehydes is 1. The van der Waals surface area contributed by atoms with Crippen molar-refractivity contribution < 1.29 is 14.3 Å². The van der Waals surface area contributed by atoms with Gasteiger partial charge in [-0.05, 0) is 27.2 Å². The lowest BCUT2D eigenvalue weighted by Crippen LogP contribution is -2.60. The van der Waals surface area contributed by atoms with E-state index in [1.807, 2.05) is 0 Å². The summed E-state index contributed by atoms with van der Waals surface area (Å²) in [7, 11) is 0. The van der Waals surface area contributed by atoms with E-state index in [2.05, 4.69) is 16.7 Å². The third-order valence-electron chi connectivity index (χ3n) is 3.96. The van der Waals surface area contributed by atoms with E-state index in [4.69, 9.17) is 11.2 Å². The molecule has 2 rings (SSSR count). The zero-order valence-electron chi connectivity index (χ0n) is 14.1. The molecule has 6 nitrogen and oxygen atoms in total. The highest BCUT2D eigenvalue weighted by molar-refractivity contribution is 6.03. The molecular formula is C17H25N3O3. The molecule has 0 aliphatic carbocycles. The first-order valence-corrected chi connectivity index (χ1v) is 7.96. The first-order valence-electron chi connectivity index (χ1n) is 7.96. The van der Waals surface area contributed by atoms with E-state index in [1.165, 1.54) is 0 Å². The van der Waals surface area contributed by atoms with Crippen LogP contribution in [-0.4, -0.2) is 48.0 Å². The summed E-state index contributed by atoms with van der Waals surface area (Å²) in [4.78, 5) is 24.9. The molecule has 2 heterocycles. The van der Waals surface area contributed by atoms with Crippen LogP contribution in [0.25, 0.3) is 0 Å². The standard InChI is InChI=1S/C17H25N3O3/c1-5-6-7-10-20-17(12-21,15(22)23-16(2,3)4)13-11-18-9-8-14(13)19-20/h1,12,18-19H,6-11H2,2-4H3. The van der Waals surface area contributed by atoms with Crippen LogP contribution in [0.2, 0.25) is 0 Å². The minimum atomic E-state index is -1.41. The summed E-state index contributed by atoms with van der Waals surface area (Å²) in [6.45, 7) is 7.18. The monoisotopic (exact) mass is 319 g/mol. The first-order chi connectivity index (χ1) is 10.8. The van der Waals surface area contributed by atoms with Crippen LogP contribution in [0.3, 0.4) is 0 Å². The Morgan fingerprint density at radius 2 is 2.26 bits per heavy atom. The maximum absolute atomic E-state index is 12.9. The fraction of sp³-hybridized carbons (Fsp3) is 0.647. The number of terminal acetylenes is 1. The van der Waals surface area contributed by atoms with Gasteiger partial charge in [-0.15, -0.1) is 12.3 Å². The molecule has 2 aliphatic heterocycles. The number of hydrazine groups is 1. The zero-order valence-corrected chi connectivity index (χ0v) is 14.1. The predicted octanol–water partition coefficient (Wildman–Crippen LogP) is 0.747. The van der Waals surface area contributed by atoms with E-state index < -0.39 is 17.1 Å². The summed E-state index contributed by atoms with van der Waals surface area (Å²) < 4.78 is 5.55. The van der Waals surface area contributed by atoms with Crippen molar-refractivity contribution in [1.29, 1.82) is 0 Å². The first kappa shape index (κ1) is 17.5. The molecule has 0 saturated carbocycles. The topological polar surface area (TPSA) is 70.7 Å². The van der Waals surface area contributed by atoms with Crippen LogP contribution in [0.5, 0.6) is 0 Å². The fourth-order valence-corrected chi connectivity index (χ4v) is 2.93. The average molecular weight is 319 g/mol. The highest BCUT2D eigenvalue weighted by Gasteiger charge is 2.55. The summed E-state index contributed by atoms with van der Waals surface area (Å²) in [6, 6.07) is 0. The Morgan fingerprint density at radius 3 is 2.87 bits per heavy atom. The number of hydrogen-bond acceptors (Lipinski definition) is 6. The molecule has 0 fully saturated rings. The molecule has 0 saturated heterocycles. The van der Waals surface area contributed by atoms with Crippen LogP contribution >= 0.6 is 0 Å². The van der Waals surface area contributed by atoms with Gasteiger partial charge in [0.25, 0.3) is 0 Å². The molecule has 2 aliphatic rings. The van der Waals surface area contributed by atoms with Crippen LogP contribution in [0.4, 0.5) is 0 Å². The Hall–Kier alpha value is -1.84. The average Bonchev–Trinajstić information content (AvgIpc) is 2.80. The third-order valence-corrected chi connectivity index (χ3v) is 3.96. The molecule has 0 aromatic carbocycles. The van der Waals surface area contributed by atoms with Gasteiger partial charge in [0.05, 0.1) is 0 Å². The zero-order chi connectivity index (χ0) is 17.1. The number of unbranched alkanes of at least 4 members (excludes halogenated alkanes) is 1. The predicted molar refractivity (Wildman–Crippen MR) is 87.1 cm³/mol. The quantitative estimate of drug-likeness (QED) is 0.256. The molecule has 1 atom stereocenters. The lowest BCUT2D eigenvalue weighted by molar-refractivity contribution is -0.168. The molecule has 0 aromatic heterocycles. The summed E-state index contributed by atoms with van der Waals surface area (Å²) in [6.07, 6.45) is 8.02. The second kappa shape index (κ2) is 6.73. The van der Waals surface area contributed by atoms with Crippen LogP contribution in [0.15, 0.2) is 11.3 Å². The summed E-state index contributed by atoms with van der Waals surface area (Å²) in [5, 5.41) is 4.91. The van der Waals surface area contributed by atoms with Gasteiger partial charge in [0.15, 0.2) is 6.29 Å². The smallest absolute Gasteiger partial charge is 0.340 e. The van der Waals surface area contributed by atoms with Crippen molar-refractivity contribution in [3.63, 3.8) is 0 Å². The van der Waals surface area contributed by atoms with E-state index in [9.17, 15) is 9.59 Å². The van der Waals surface area contributed by atoms with Crippen molar-refractivity contribution in [2.45, 2.75) is 51.2 Å². The van der Waals surface area contributed by atoms with Gasteiger partial charge in [-0.3, -0.25) is 0 Å². The maximum atomic E-state index is 12.9. The molecule has 0 bridgehead atoms. The molecule has 1 unspecified atom stereocenters. The molecule has 126 valence electrons. The van der Waals surface area contributed by atoms with E-state index in [-0.39, 0.29) is 0 Å². The van der Waals surface area contributed by atoms with E-state index in [1.54, 1.807) is 25.8 Å². The van der Waals surface area contributed by atoms with Crippen molar-refractivity contribution >= 4 is 12.3 Å². The lowest BCUT2D eigenvalue weighted by Gasteiger charge is -2.35. The second-order valence-corrected chi connectivity index (χ2v) is 6.84. The summed E-state index contributed by atoms with van der Waals surface area (Å²) in [5.41, 5.74) is 2.85. The molecule has 6 heteroatoms. The molecule has 2 N–H and O–H groups in total. The van der Waals surface area contributed by atoms with Crippen molar-refractivity contribution in [1.82, 2.24) is 15.8 Å². The number of carbonyl (C=O) groups is 2. The third kappa shape index (κ3) is 3.41. The molecule has 0 amide bonds. The van der Waals surface area contributed by atoms with E-state index in [0.29, 0.717) is 32.2 Å². The van der Waals surface area contributed by atoms with E-state index in [0.717, 1.165) is 24.2 Å². The van der Waals surface area contributed by atoms with Gasteiger partial charge in [0, 0.05) is 43.7 Å². The Labute approximate surface area is 137 Å². The van der Waals surface area contributed by atoms with E-state index >= 15 is 0 Å². The summed E-state index contributed by atoms with van der Waals surface area (Å²) >= 11 is 0. The fourth-order valence-electron chi connectivity index (χ4n) is 2.93. The van der Waals surface area contributed by atoms with Crippen LogP contribution in [0.1, 0.15) is 40.0 Å². The van der Waals surface area contributed by atoms with Gasteiger partial charge in [-0.2, -0.15) is 5.01 Å². The number of hydrogen-bond donors (Lipinski definition) is 2. The molecule has 0 radical (unpaired) electrons. The number of carbonyl (C=O) groups excluding carboxylic acids is 2. The SMILES string of the molecule is C#CCCCN1NC2=C(CNCC2)C1(C=O)C(=O)OC(C)(C)C. The van der Waals surface area contributed by atoms with Gasteiger partial charge in [0.2, 0.25) is 5.54 Å². The Balaban J connectivity index is 2.34. The maximum Gasteiger partial charge on any atom is 0.340 e. The minimum absolute atomic E-state index is 0.492. The minimum Gasteiger partial charge on any atom is -0.458 e. The second-order valence-electron chi connectivity index (χ2n) is 6.84. The normalized spacial score (nSPS) is 24.6. The van der Waals surface area contributed by atoms with Gasteiger partial charge in [0.1, 0.15) is 5.60 Å². The van der Waals surface area contributed by atoms with Crippen molar-refractivity contribution in [3.05, 3.63) is 11.3 Å². The Morgan fingerprint density at radius 1 is 1.52 bits per heavy atom. The van der Waals surface area contributed by atoms with Crippen molar-refractivity contribution in [3.8, 4) is 12.3 Å². The van der Waals surface area contributed by atoms with Crippen LogP contribution in [0, 0.1) is 12.3 Å². The molecule has 0 spiro atoms. The van der Waals surface area contributed by atoms with Crippen molar-refractivity contribution in [2.24, 2.45) is 0 Å². The van der Waals surface area contributed by atoms with Crippen LogP contribution < -0.4 is 10.7 Å². The van der Waals surface area contributed by atoms with Crippen molar-refractivity contribution in [2.75, 3.05) is 19.6 Å². The summed E-state index contributed by atoms with van der Waals surface area (Å²) in [5.74, 6) is 2.04. The molecule has 23 heavy (non-hydrogen) atoms. The number of nitrogens with zero attached hydrogens (tertiary/aromatic N) is 1. The number of ether oxygens (including phenoxy) is 1. The Kier molecular flexibility index (Phi) is 5.12. The highest BCUT2D eigenvalue weighted by atomic mass is 16.6. The largest absolute Gasteiger partial charge is 0.458 e. The van der Waals surface area contributed by atoms with Gasteiger partial charge in [-0.25, -0.2) is 4.79 Å².